The maximum atomic E-state index is 13.0. The van der Waals surface area contributed by atoms with E-state index in [1.54, 1.807) is 6.07 Å². The summed E-state index contributed by atoms with van der Waals surface area (Å²) in [5.74, 6) is -0.296. The molecule has 0 aliphatic carbocycles. The first-order valence-corrected chi connectivity index (χ1v) is 5.84. The Labute approximate surface area is 102 Å². The zero-order valence-electron chi connectivity index (χ0n) is 10.5. The Hall–Kier alpha value is -1.29. The minimum absolute atomic E-state index is 0.0431. The van der Waals surface area contributed by atoms with Gasteiger partial charge in [0.05, 0.1) is 11.4 Å². The van der Waals surface area contributed by atoms with Crippen LogP contribution in [0.1, 0.15) is 26.7 Å². The van der Waals surface area contributed by atoms with Crippen LogP contribution in [0.4, 0.5) is 15.8 Å². The molecule has 17 heavy (non-hydrogen) atoms. The summed E-state index contributed by atoms with van der Waals surface area (Å²) in [5.41, 5.74) is 6.97. The zero-order valence-corrected chi connectivity index (χ0v) is 10.5. The van der Waals surface area contributed by atoms with Crippen LogP contribution < -0.4 is 11.1 Å². The average Bonchev–Trinajstić information content (AvgIpc) is 2.28. The van der Waals surface area contributed by atoms with Gasteiger partial charge >= 0.3 is 0 Å². The Bertz CT molecular complexity index is 366. The van der Waals surface area contributed by atoms with Crippen molar-refractivity contribution in [3.8, 4) is 0 Å². The molecule has 0 bridgehead atoms. The van der Waals surface area contributed by atoms with Crippen molar-refractivity contribution in [1.82, 2.24) is 0 Å². The molecular formula is C13H21FN2O. The van der Waals surface area contributed by atoms with Gasteiger partial charge < -0.3 is 16.2 Å². The third kappa shape index (κ3) is 4.61. The summed E-state index contributed by atoms with van der Waals surface area (Å²) < 4.78 is 13.0. The maximum absolute atomic E-state index is 13.0. The number of benzene rings is 1. The molecule has 0 radical (unpaired) electrons. The Morgan fingerprint density at radius 1 is 1.41 bits per heavy atom. The molecule has 1 aromatic carbocycles. The lowest BCUT2D eigenvalue weighted by Crippen LogP contribution is -2.23. The lowest BCUT2D eigenvalue weighted by molar-refractivity contribution is 0.248. The van der Waals surface area contributed by atoms with Gasteiger partial charge in [-0.1, -0.05) is 13.8 Å². The first kappa shape index (κ1) is 13.8. The highest BCUT2D eigenvalue weighted by Gasteiger charge is 2.17. The summed E-state index contributed by atoms with van der Waals surface area (Å²) >= 11 is 0. The van der Waals surface area contributed by atoms with Crippen LogP contribution in [0.3, 0.4) is 0 Å². The van der Waals surface area contributed by atoms with Crippen molar-refractivity contribution >= 4 is 11.4 Å². The van der Waals surface area contributed by atoms with Crippen molar-refractivity contribution in [2.24, 2.45) is 5.41 Å². The molecule has 0 aliphatic rings. The molecule has 0 amide bonds. The van der Waals surface area contributed by atoms with Crippen LogP contribution in [0.2, 0.25) is 0 Å². The molecule has 0 saturated carbocycles. The van der Waals surface area contributed by atoms with Crippen molar-refractivity contribution < 1.29 is 9.50 Å². The van der Waals surface area contributed by atoms with E-state index in [9.17, 15) is 4.39 Å². The third-order valence-electron chi connectivity index (χ3n) is 2.78. The Kier molecular flexibility index (Phi) is 4.75. The average molecular weight is 240 g/mol. The number of hydrogen-bond acceptors (Lipinski definition) is 3. The lowest BCUT2D eigenvalue weighted by atomic mass is 9.88. The van der Waals surface area contributed by atoms with Gasteiger partial charge in [0.15, 0.2) is 0 Å². The van der Waals surface area contributed by atoms with Gasteiger partial charge in [0.2, 0.25) is 0 Å². The number of nitrogens with one attached hydrogen (secondary N) is 1. The Morgan fingerprint density at radius 2 is 2.12 bits per heavy atom. The van der Waals surface area contributed by atoms with Crippen molar-refractivity contribution in [2.45, 2.75) is 26.7 Å². The zero-order chi connectivity index (χ0) is 12.9. The van der Waals surface area contributed by atoms with Gasteiger partial charge in [0.25, 0.3) is 0 Å². The second-order valence-corrected chi connectivity index (χ2v) is 5.08. The summed E-state index contributed by atoms with van der Waals surface area (Å²) in [7, 11) is 0. The van der Waals surface area contributed by atoms with E-state index < -0.39 is 0 Å². The topological polar surface area (TPSA) is 58.3 Å². The predicted molar refractivity (Wildman–Crippen MR) is 69.4 cm³/mol. The van der Waals surface area contributed by atoms with Gasteiger partial charge in [0.1, 0.15) is 5.82 Å². The van der Waals surface area contributed by atoms with Gasteiger partial charge in [-0.3, -0.25) is 0 Å². The number of nitrogen functional groups attached to an aromatic ring is 1. The number of halogens is 1. The summed E-state index contributed by atoms with van der Waals surface area (Å²) in [5, 5.41) is 12.0. The lowest BCUT2D eigenvalue weighted by Gasteiger charge is -2.25. The van der Waals surface area contributed by atoms with E-state index in [-0.39, 0.29) is 17.8 Å². The highest BCUT2D eigenvalue weighted by molar-refractivity contribution is 5.65. The molecule has 0 fully saturated rings. The molecule has 4 N–H and O–H groups in total. The molecule has 0 atom stereocenters. The van der Waals surface area contributed by atoms with Gasteiger partial charge in [-0.05, 0) is 36.5 Å². The summed E-state index contributed by atoms with van der Waals surface area (Å²) in [6.45, 7) is 5.10. The Morgan fingerprint density at radius 3 is 2.76 bits per heavy atom. The Balaban J connectivity index is 2.57. The monoisotopic (exact) mass is 240 g/mol. The summed E-state index contributed by atoms with van der Waals surface area (Å²) in [6, 6.07) is 4.30. The molecule has 0 saturated heterocycles. The number of aliphatic hydroxyl groups is 1. The molecule has 3 nitrogen and oxygen atoms in total. The highest BCUT2D eigenvalue weighted by atomic mass is 19.1. The quantitative estimate of drug-likeness (QED) is 0.670. The smallest absolute Gasteiger partial charge is 0.125 e. The van der Waals surface area contributed by atoms with Crippen molar-refractivity contribution in [3.05, 3.63) is 24.0 Å². The van der Waals surface area contributed by atoms with Crippen LogP contribution in [0.15, 0.2) is 18.2 Å². The summed E-state index contributed by atoms with van der Waals surface area (Å²) in [4.78, 5) is 0. The van der Waals surface area contributed by atoms with Crippen LogP contribution in [0.25, 0.3) is 0 Å². The fourth-order valence-corrected chi connectivity index (χ4v) is 1.66. The number of anilines is 2. The van der Waals surface area contributed by atoms with E-state index in [2.05, 4.69) is 19.2 Å². The van der Waals surface area contributed by atoms with Gasteiger partial charge in [-0.2, -0.15) is 0 Å². The van der Waals surface area contributed by atoms with E-state index in [4.69, 9.17) is 10.8 Å². The number of nitrogens with two attached hydrogens (primary N) is 1. The van der Waals surface area contributed by atoms with Crippen LogP contribution in [0, 0.1) is 11.2 Å². The first-order valence-electron chi connectivity index (χ1n) is 5.84. The molecule has 1 rings (SSSR count). The third-order valence-corrected chi connectivity index (χ3v) is 2.78. The van der Waals surface area contributed by atoms with E-state index in [0.29, 0.717) is 17.9 Å². The molecule has 4 heteroatoms. The van der Waals surface area contributed by atoms with Crippen molar-refractivity contribution in [1.29, 1.82) is 0 Å². The van der Waals surface area contributed by atoms with Crippen LogP contribution in [-0.4, -0.2) is 18.3 Å². The summed E-state index contributed by atoms with van der Waals surface area (Å²) in [6.07, 6.45) is 1.68. The molecule has 0 unspecified atom stereocenters. The van der Waals surface area contributed by atoms with Gasteiger partial charge in [0, 0.05) is 13.2 Å². The molecule has 0 spiro atoms. The number of aliphatic hydroxyl groups excluding tert-OH is 1. The number of rotatable bonds is 6. The number of hydrogen-bond donors (Lipinski definition) is 3. The van der Waals surface area contributed by atoms with E-state index in [0.717, 1.165) is 12.8 Å². The molecule has 0 aliphatic heterocycles. The van der Waals surface area contributed by atoms with E-state index in [1.807, 2.05) is 0 Å². The normalized spacial score (nSPS) is 11.5. The van der Waals surface area contributed by atoms with Crippen LogP contribution >= 0.6 is 0 Å². The first-order chi connectivity index (χ1) is 7.94. The minimum Gasteiger partial charge on any atom is -0.397 e. The molecule has 1 aromatic rings. The van der Waals surface area contributed by atoms with Crippen LogP contribution in [-0.2, 0) is 0 Å². The van der Waals surface area contributed by atoms with Gasteiger partial charge in [-0.25, -0.2) is 4.39 Å². The molecule has 96 valence electrons. The van der Waals surface area contributed by atoms with Gasteiger partial charge in [-0.15, -0.1) is 0 Å². The largest absolute Gasteiger partial charge is 0.397 e. The second-order valence-electron chi connectivity index (χ2n) is 5.08. The maximum Gasteiger partial charge on any atom is 0.125 e. The standard InChI is InChI=1S/C13H21FN2O/c1-13(2,6-3-7-17)9-16-12-8-10(14)4-5-11(12)15/h4-5,8,16-17H,3,6-7,9,15H2,1-2H3. The highest BCUT2D eigenvalue weighted by Crippen LogP contribution is 2.25. The predicted octanol–water partition coefficient (Wildman–Crippen LogP) is 2.62. The van der Waals surface area contributed by atoms with Crippen molar-refractivity contribution in [2.75, 3.05) is 24.2 Å². The minimum atomic E-state index is -0.296. The fourth-order valence-electron chi connectivity index (χ4n) is 1.66. The molecule has 0 aromatic heterocycles. The fraction of sp³-hybridized carbons (Fsp3) is 0.538. The van der Waals surface area contributed by atoms with Crippen molar-refractivity contribution in [3.63, 3.8) is 0 Å². The second kappa shape index (κ2) is 5.87. The molecule has 0 heterocycles. The SMILES string of the molecule is CC(C)(CCCO)CNc1cc(F)ccc1N. The van der Waals surface area contributed by atoms with E-state index in [1.165, 1.54) is 12.1 Å². The molecular weight excluding hydrogens is 219 g/mol. The van der Waals surface area contributed by atoms with E-state index >= 15 is 0 Å². The van der Waals surface area contributed by atoms with Crippen LogP contribution in [0.5, 0.6) is 0 Å².